The molecule has 0 fully saturated rings. The lowest BCUT2D eigenvalue weighted by atomic mass is 10.5. The van der Waals surface area contributed by atoms with Crippen molar-refractivity contribution in [3.63, 3.8) is 0 Å². The van der Waals surface area contributed by atoms with Gasteiger partial charge in [0.05, 0.1) is 7.11 Å². The molecule has 0 saturated carbocycles. The van der Waals surface area contributed by atoms with Gasteiger partial charge < -0.3 is 14.5 Å². The zero-order chi connectivity index (χ0) is 13.5. The molecule has 1 aromatic rings. The topological polar surface area (TPSA) is 54.4 Å². The molecule has 102 valence electrons. The minimum atomic E-state index is 0.369. The standard InChI is InChI=1S/C12H23N5O/c1-6-16(7-2)10-13-11(17(8-3)9-4)15-12(14-10)18-5/h6-9H2,1-5H3. The lowest BCUT2D eigenvalue weighted by molar-refractivity contribution is 0.378. The molecular weight excluding hydrogens is 230 g/mol. The molecule has 0 atom stereocenters. The SMILES string of the molecule is CCN(CC)c1nc(OC)nc(N(CC)CC)n1. The number of anilines is 2. The summed E-state index contributed by atoms with van der Waals surface area (Å²) >= 11 is 0. The maximum atomic E-state index is 5.16. The summed E-state index contributed by atoms with van der Waals surface area (Å²) in [6, 6.07) is 0.369. The van der Waals surface area contributed by atoms with Crippen LogP contribution in [0, 0.1) is 0 Å². The summed E-state index contributed by atoms with van der Waals surface area (Å²) in [7, 11) is 1.58. The normalized spacial score (nSPS) is 10.3. The van der Waals surface area contributed by atoms with Crippen molar-refractivity contribution < 1.29 is 4.74 Å². The van der Waals surface area contributed by atoms with Gasteiger partial charge in [0.2, 0.25) is 11.9 Å². The third kappa shape index (κ3) is 3.21. The second-order valence-corrected chi connectivity index (χ2v) is 3.77. The number of aromatic nitrogens is 3. The molecule has 6 heteroatoms. The van der Waals surface area contributed by atoms with Gasteiger partial charge in [-0.2, -0.15) is 15.0 Å². The third-order valence-electron chi connectivity index (χ3n) is 2.87. The predicted molar refractivity (Wildman–Crippen MR) is 73.5 cm³/mol. The summed E-state index contributed by atoms with van der Waals surface area (Å²) in [5.74, 6) is 1.35. The number of hydrogen-bond acceptors (Lipinski definition) is 6. The van der Waals surface area contributed by atoms with E-state index >= 15 is 0 Å². The van der Waals surface area contributed by atoms with Crippen LogP contribution in [0.2, 0.25) is 0 Å². The molecular formula is C12H23N5O. The van der Waals surface area contributed by atoms with Crippen molar-refractivity contribution in [1.29, 1.82) is 0 Å². The van der Waals surface area contributed by atoms with Crippen molar-refractivity contribution in [2.75, 3.05) is 43.1 Å². The molecule has 0 aliphatic rings. The fourth-order valence-electron chi connectivity index (χ4n) is 1.72. The number of ether oxygens (including phenoxy) is 1. The van der Waals surface area contributed by atoms with Crippen molar-refractivity contribution >= 4 is 11.9 Å². The Balaban J connectivity index is 3.15. The van der Waals surface area contributed by atoms with Gasteiger partial charge >= 0.3 is 6.01 Å². The van der Waals surface area contributed by atoms with Gasteiger partial charge in [-0.05, 0) is 27.7 Å². The van der Waals surface area contributed by atoms with E-state index in [0.717, 1.165) is 26.2 Å². The second-order valence-electron chi connectivity index (χ2n) is 3.77. The highest BCUT2D eigenvalue weighted by Crippen LogP contribution is 2.17. The minimum absolute atomic E-state index is 0.369. The summed E-state index contributed by atoms with van der Waals surface area (Å²) in [5.41, 5.74) is 0. The van der Waals surface area contributed by atoms with Crippen molar-refractivity contribution in [3.8, 4) is 6.01 Å². The van der Waals surface area contributed by atoms with E-state index in [9.17, 15) is 0 Å². The van der Waals surface area contributed by atoms with Crippen LogP contribution < -0.4 is 14.5 Å². The van der Waals surface area contributed by atoms with E-state index in [4.69, 9.17) is 4.74 Å². The Hall–Kier alpha value is -1.59. The van der Waals surface area contributed by atoms with Gasteiger partial charge in [0.1, 0.15) is 0 Å². The highest BCUT2D eigenvalue weighted by Gasteiger charge is 2.14. The maximum absolute atomic E-state index is 5.16. The first kappa shape index (κ1) is 14.5. The van der Waals surface area contributed by atoms with Crippen LogP contribution in [-0.4, -0.2) is 48.2 Å². The van der Waals surface area contributed by atoms with E-state index < -0.39 is 0 Å². The molecule has 18 heavy (non-hydrogen) atoms. The van der Waals surface area contributed by atoms with Crippen LogP contribution in [0.1, 0.15) is 27.7 Å². The summed E-state index contributed by atoms with van der Waals surface area (Å²) in [5, 5.41) is 0. The molecule has 0 aliphatic carbocycles. The van der Waals surface area contributed by atoms with Crippen molar-refractivity contribution in [2.24, 2.45) is 0 Å². The maximum Gasteiger partial charge on any atom is 0.322 e. The first-order chi connectivity index (χ1) is 8.69. The number of rotatable bonds is 7. The van der Waals surface area contributed by atoms with Crippen molar-refractivity contribution in [1.82, 2.24) is 15.0 Å². The Kier molecular flexibility index (Phi) is 5.61. The highest BCUT2D eigenvalue weighted by molar-refractivity contribution is 5.40. The summed E-state index contributed by atoms with van der Waals surface area (Å²) in [4.78, 5) is 17.3. The smallest absolute Gasteiger partial charge is 0.322 e. The van der Waals surface area contributed by atoms with Gasteiger partial charge in [0, 0.05) is 26.2 Å². The van der Waals surface area contributed by atoms with E-state index in [2.05, 4.69) is 52.4 Å². The number of methoxy groups -OCH3 is 1. The predicted octanol–water partition coefficient (Wildman–Crippen LogP) is 1.57. The molecule has 1 aromatic heterocycles. The molecule has 0 aromatic carbocycles. The second kappa shape index (κ2) is 6.98. The minimum Gasteiger partial charge on any atom is -0.467 e. The quantitative estimate of drug-likeness (QED) is 0.735. The molecule has 0 spiro atoms. The molecule has 0 radical (unpaired) electrons. The molecule has 1 heterocycles. The number of hydrogen-bond donors (Lipinski definition) is 0. The molecule has 0 unspecified atom stereocenters. The molecule has 0 bridgehead atoms. The summed E-state index contributed by atoms with van der Waals surface area (Å²) < 4.78 is 5.16. The van der Waals surface area contributed by atoms with Crippen LogP contribution in [0.4, 0.5) is 11.9 Å². The van der Waals surface area contributed by atoms with Crippen LogP contribution in [0.15, 0.2) is 0 Å². The van der Waals surface area contributed by atoms with Gasteiger partial charge in [0.15, 0.2) is 0 Å². The molecule has 1 rings (SSSR count). The van der Waals surface area contributed by atoms with Crippen LogP contribution >= 0.6 is 0 Å². The monoisotopic (exact) mass is 253 g/mol. The van der Waals surface area contributed by atoms with Crippen LogP contribution in [0.5, 0.6) is 6.01 Å². The van der Waals surface area contributed by atoms with E-state index in [0.29, 0.717) is 17.9 Å². The fourth-order valence-corrected chi connectivity index (χ4v) is 1.72. The van der Waals surface area contributed by atoms with Crippen LogP contribution in [-0.2, 0) is 0 Å². The lowest BCUT2D eigenvalue weighted by Gasteiger charge is -2.23. The first-order valence-corrected chi connectivity index (χ1v) is 6.49. The molecule has 6 nitrogen and oxygen atoms in total. The Morgan fingerprint density at radius 1 is 0.778 bits per heavy atom. The van der Waals surface area contributed by atoms with E-state index in [1.54, 1.807) is 7.11 Å². The van der Waals surface area contributed by atoms with Gasteiger partial charge in [-0.15, -0.1) is 0 Å². The van der Waals surface area contributed by atoms with Gasteiger partial charge in [-0.3, -0.25) is 0 Å². The summed E-state index contributed by atoms with van der Waals surface area (Å²) in [6.45, 7) is 11.8. The average Bonchev–Trinajstić information content (AvgIpc) is 2.41. The molecule has 0 N–H and O–H groups in total. The Morgan fingerprint density at radius 2 is 1.17 bits per heavy atom. The molecule has 0 amide bonds. The number of nitrogens with zero attached hydrogens (tertiary/aromatic N) is 5. The van der Waals surface area contributed by atoms with E-state index in [1.807, 2.05) is 0 Å². The van der Waals surface area contributed by atoms with Crippen molar-refractivity contribution in [2.45, 2.75) is 27.7 Å². The van der Waals surface area contributed by atoms with Crippen LogP contribution in [0.25, 0.3) is 0 Å². The lowest BCUT2D eigenvalue weighted by Crippen LogP contribution is -2.28. The fraction of sp³-hybridized carbons (Fsp3) is 0.750. The first-order valence-electron chi connectivity index (χ1n) is 6.49. The van der Waals surface area contributed by atoms with Crippen molar-refractivity contribution in [3.05, 3.63) is 0 Å². The Bertz CT molecular complexity index is 333. The zero-order valence-electron chi connectivity index (χ0n) is 12.0. The largest absolute Gasteiger partial charge is 0.467 e. The third-order valence-corrected chi connectivity index (χ3v) is 2.87. The van der Waals surface area contributed by atoms with E-state index in [-0.39, 0.29) is 0 Å². The van der Waals surface area contributed by atoms with Gasteiger partial charge in [0.25, 0.3) is 0 Å². The molecule has 0 saturated heterocycles. The van der Waals surface area contributed by atoms with Crippen LogP contribution in [0.3, 0.4) is 0 Å². The Labute approximate surface area is 109 Å². The van der Waals surface area contributed by atoms with Gasteiger partial charge in [-0.25, -0.2) is 0 Å². The molecule has 0 aliphatic heterocycles. The zero-order valence-corrected chi connectivity index (χ0v) is 12.0. The summed E-state index contributed by atoms with van der Waals surface area (Å²) in [6.07, 6.45) is 0. The Morgan fingerprint density at radius 3 is 1.44 bits per heavy atom. The van der Waals surface area contributed by atoms with Gasteiger partial charge in [-0.1, -0.05) is 0 Å². The van der Waals surface area contributed by atoms with E-state index in [1.165, 1.54) is 0 Å². The highest BCUT2D eigenvalue weighted by atomic mass is 16.5. The average molecular weight is 253 g/mol.